The minimum absolute atomic E-state index is 0.0739. The number of hydrogen-bond acceptors (Lipinski definition) is 3. The van der Waals surface area contributed by atoms with Crippen molar-refractivity contribution in [3.05, 3.63) is 35.4 Å². The molecule has 0 spiro atoms. The van der Waals surface area contributed by atoms with Crippen LogP contribution in [0.15, 0.2) is 24.3 Å². The zero-order chi connectivity index (χ0) is 13.9. The molecular formula is C16H25NO2. The van der Waals surface area contributed by atoms with Gasteiger partial charge in [0.15, 0.2) is 0 Å². The molecule has 1 aromatic carbocycles. The SMILES string of the molecule is CCOC(=O)CCCCCNCc1cccc(C)c1. The largest absolute Gasteiger partial charge is 0.466 e. The van der Waals surface area contributed by atoms with E-state index < -0.39 is 0 Å². The van der Waals surface area contributed by atoms with Crippen LogP contribution < -0.4 is 5.32 Å². The van der Waals surface area contributed by atoms with Gasteiger partial charge in [0, 0.05) is 13.0 Å². The number of ether oxygens (including phenoxy) is 1. The van der Waals surface area contributed by atoms with Crippen molar-refractivity contribution in [2.24, 2.45) is 0 Å². The van der Waals surface area contributed by atoms with Crippen LogP contribution >= 0.6 is 0 Å². The summed E-state index contributed by atoms with van der Waals surface area (Å²) in [5.74, 6) is -0.0739. The fourth-order valence-corrected chi connectivity index (χ4v) is 1.98. The summed E-state index contributed by atoms with van der Waals surface area (Å²) in [4.78, 5) is 11.1. The molecule has 0 aliphatic rings. The van der Waals surface area contributed by atoms with E-state index in [1.165, 1.54) is 11.1 Å². The van der Waals surface area contributed by atoms with Gasteiger partial charge in [-0.25, -0.2) is 0 Å². The maximum Gasteiger partial charge on any atom is 0.305 e. The molecule has 106 valence electrons. The van der Waals surface area contributed by atoms with E-state index in [0.717, 1.165) is 32.4 Å². The summed E-state index contributed by atoms with van der Waals surface area (Å²) in [6, 6.07) is 8.54. The van der Waals surface area contributed by atoms with Crippen molar-refractivity contribution in [1.82, 2.24) is 5.32 Å². The molecule has 19 heavy (non-hydrogen) atoms. The molecule has 0 aliphatic heterocycles. The second-order valence-corrected chi connectivity index (χ2v) is 4.78. The lowest BCUT2D eigenvalue weighted by Gasteiger charge is -2.06. The van der Waals surface area contributed by atoms with Crippen molar-refractivity contribution >= 4 is 5.97 Å². The fraction of sp³-hybridized carbons (Fsp3) is 0.562. The number of nitrogens with one attached hydrogen (secondary N) is 1. The van der Waals surface area contributed by atoms with Crippen LogP contribution in [0.2, 0.25) is 0 Å². The second-order valence-electron chi connectivity index (χ2n) is 4.78. The molecule has 0 amide bonds. The van der Waals surface area contributed by atoms with E-state index in [9.17, 15) is 4.79 Å². The molecule has 1 aromatic rings. The molecule has 3 nitrogen and oxygen atoms in total. The lowest BCUT2D eigenvalue weighted by atomic mass is 10.1. The number of carbonyl (C=O) groups is 1. The second kappa shape index (κ2) is 9.56. The number of aryl methyl sites for hydroxylation is 1. The average molecular weight is 263 g/mol. The van der Waals surface area contributed by atoms with Gasteiger partial charge in [-0.1, -0.05) is 36.2 Å². The molecular weight excluding hydrogens is 238 g/mol. The number of esters is 1. The fourth-order valence-electron chi connectivity index (χ4n) is 1.98. The first-order valence-corrected chi connectivity index (χ1v) is 7.14. The normalized spacial score (nSPS) is 10.4. The van der Waals surface area contributed by atoms with Gasteiger partial charge in [0.2, 0.25) is 0 Å². The Kier molecular flexibility index (Phi) is 7.91. The number of hydrogen-bond donors (Lipinski definition) is 1. The molecule has 0 bridgehead atoms. The van der Waals surface area contributed by atoms with Gasteiger partial charge in [0.25, 0.3) is 0 Å². The predicted molar refractivity (Wildman–Crippen MR) is 78.0 cm³/mol. The van der Waals surface area contributed by atoms with Crippen molar-refractivity contribution in [1.29, 1.82) is 0 Å². The Morgan fingerprint density at radius 1 is 1.26 bits per heavy atom. The van der Waals surface area contributed by atoms with Crippen LogP contribution in [0, 0.1) is 6.92 Å². The van der Waals surface area contributed by atoms with Gasteiger partial charge in [0.1, 0.15) is 0 Å². The minimum Gasteiger partial charge on any atom is -0.466 e. The maximum absolute atomic E-state index is 11.1. The molecule has 0 saturated heterocycles. The smallest absolute Gasteiger partial charge is 0.305 e. The van der Waals surface area contributed by atoms with Crippen LogP contribution in [-0.4, -0.2) is 19.1 Å². The molecule has 0 atom stereocenters. The first-order valence-electron chi connectivity index (χ1n) is 7.14. The summed E-state index contributed by atoms with van der Waals surface area (Å²) in [6.45, 7) is 6.35. The Hall–Kier alpha value is -1.35. The van der Waals surface area contributed by atoms with Crippen molar-refractivity contribution in [2.45, 2.75) is 46.1 Å². The first kappa shape index (κ1) is 15.7. The number of carbonyl (C=O) groups excluding carboxylic acids is 1. The Balaban J connectivity index is 1.98. The van der Waals surface area contributed by atoms with Crippen LogP contribution in [0.25, 0.3) is 0 Å². The van der Waals surface area contributed by atoms with Gasteiger partial charge >= 0.3 is 5.97 Å². The molecule has 1 rings (SSSR count). The van der Waals surface area contributed by atoms with Crippen molar-refractivity contribution in [2.75, 3.05) is 13.2 Å². The summed E-state index contributed by atoms with van der Waals surface area (Å²) in [5.41, 5.74) is 2.63. The van der Waals surface area contributed by atoms with Crippen molar-refractivity contribution in [3.8, 4) is 0 Å². The quantitative estimate of drug-likeness (QED) is 0.549. The molecule has 0 unspecified atom stereocenters. The van der Waals surface area contributed by atoms with Crippen molar-refractivity contribution < 1.29 is 9.53 Å². The lowest BCUT2D eigenvalue weighted by Crippen LogP contribution is -2.14. The molecule has 0 fully saturated rings. The van der Waals surface area contributed by atoms with E-state index in [1.54, 1.807) is 0 Å². The topological polar surface area (TPSA) is 38.3 Å². The third-order valence-corrected chi connectivity index (χ3v) is 2.95. The molecule has 0 aromatic heterocycles. The Morgan fingerprint density at radius 3 is 2.84 bits per heavy atom. The van der Waals surface area contributed by atoms with Crippen LogP contribution in [0.3, 0.4) is 0 Å². The monoisotopic (exact) mass is 263 g/mol. The minimum atomic E-state index is -0.0739. The molecule has 3 heteroatoms. The van der Waals surface area contributed by atoms with E-state index in [0.29, 0.717) is 13.0 Å². The summed E-state index contributed by atoms with van der Waals surface area (Å²) >= 11 is 0. The molecule has 0 saturated carbocycles. The van der Waals surface area contributed by atoms with Gasteiger partial charge in [0.05, 0.1) is 6.61 Å². The highest BCUT2D eigenvalue weighted by Crippen LogP contribution is 2.04. The molecule has 0 aliphatic carbocycles. The predicted octanol–water partition coefficient (Wildman–Crippen LogP) is 3.21. The molecule has 0 radical (unpaired) electrons. The lowest BCUT2D eigenvalue weighted by molar-refractivity contribution is -0.143. The van der Waals surface area contributed by atoms with Crippen LogP contribution in [-0.2, 0) is 16.1 Å². The highest BCUT2D eigenvalue weighted by Gasteiger charge is 2.00. The summed E-state index contributed by atoms with van der Waals surface area (Å²) in [5, 5.41) is 3.43. The van der Waals surface area contributed by atoms with Gasteiger partial charge in [-0.15, -0.1) is 0 Å². The van der Waals surface area contributed by atoms with Gasteiger partial charge in [-0.05, 0) is 38.8 Å². The summed E-state index contributed by atoms with van der Waals surface area (Å²) in [7, 11) is 0. The maximum atomic E-state index is 11.1. The number of rotatable bonds is 9. The van der Waals surface area contributed by atoms with Gasteiger partial charge < -0.3 is 10.1 Å². The summed E-state index contributed by atoms with van der Waals surface area (Å²) in [6.07, 6.45) is 3.64. The van der Waals surface area contributed by atoms with Crippen molar-refractivity contribution in [3.63, 3.8) is 0 Å². The molecule has 0 heterocycles. The highest BCUT2D eigenvalue weighted by molar-refractivity contribution is 5.69. The highest BCUT2D eigenvalue weighted by atomic mass is 16.5. The van der Waals surface area contributed by atoms with Crippen LogP contribution in [0.5, 0.6) is 0 Å². The third kappa shape index (κ3) is 7.62. The van der Waals surface area contributed by atoms with Gasteiger partial charge in [-0.3, -0.25) is 4.79 Å². The standard InChI is InChI=1S/C16H25NO2/c1-3-19-16(18)10-5-4-6-11-17-13-15-9-7-8-14(2)12-15/h7-9,12,17H,3-6,10-11,13H2,1-2H3. The van der Waals surface area contributed by atoms with E-state index >= 15 is 0 Å². The zero-order valence-corrected chi connectivity index (χ0v) is 12.1. The van der Waals surface area contributed by atoms with E-state index in [-0.39, 0.29) is 5.97 Å². The average Bonchev–Trinajstić information content (AvgIpc) is 2.38. The first-order chi connectivity index (χ1) is 9.22. The summed E-state index contributed by atoms with van der Waals surface area (Å²) < 4.78 is 4.88. The third-order valence-electron chi connectivity index (χ3n) is 2.95. The van der Waals surface area contributed by atoms with E-state index in [2.05, 4.69) is 36.5 Å². The number of unbranched alkanes of at least 4 members (excludes halogenated alkanes) is 2. The molecule has 1 N–H and O–H groups in total. The van der Waals surface area contributed by atoms with E-state index in [1.807, 2.05) is 6.92 Å². The Bertz CT molecular complexity index is 377. The Morgan fingerprint density at radius 2 is 2.11 bits per heavy atom. The van der Waals surface area contributed by atoms with Crippen LogP contribution in [0.1, 0.15) is 43.7 Å². The number of benzene rings is 1. The zero-order valence-electron chi connectivity index (χ0n) is 12.1. The van der Waals surface area contributed by atoms with Gasteiger partial charge in [-0.2, -0.15) is 0 Å². The van der Waals surface area contributed by atoms with E-state index in [4.69, 9.17) is 4.74 Å². The van der Waals surface area contributed by atoms with Crippen LogP contribution in [0.4, 0.5) is 0 Å². The Labute approximate surface area is 116 Å².